The summed E-state index contributed by atoms with van der Waals surface area (Å²) >= 11 is 6.15. The van der Waals surface area contributed by atoms with E-state index in [-0.39, 0.29) is 6.04 Å². The van der Waals surface area contributed by atoms with Crippen LogP contribution in [0, 0.1) is 20.8 Å². The van der Waals surface area contributed by atoms with Crippen LogP contribution in [0.5, 0.6) is 0 Å². The number of nitrogens with one attached hydrogen (secondary N) is 1. The van der Waals surface area contributed by atoms with Crippen molar-refractivity contribution in [2.75, 3.05) is 7.05 Å². The van der Waals surface area contributed by atoms with E-state index < -0.39 is 0 Å². The predicted molar refractivity (Wildman–Crippen MR) is 87.6 cm³/mol. The van der Waals surface area contributed by atoms with Crippen LogP contribution in [-0.2, 0) is 6.42 Å². The highest BCUT2D eigenvalue weighted by molar-refractivity contribution is 6.30. The van der Waals surface area contributed by atoms with Gasteiger partial charge in [0.1, 0.15) is 0 Å². The molecule has 0 bridgehead atoms. The first-order chi connectivity index (χ1) is 9.51. The van der Waals surface area contributed by atoms with E-state index >= 15 is 0 Å². The molecule has 2 rings (SSSR count). The van der Waals surface area contributed by atoms with Crippen LogP contribution < -0.4 is 5.32 Å². The molecule has 0 heterocycles. The molecule has 0 saturated carbocycles. The second-order valence-corrected chi connectivity index (χ2v) is 5.91. The Balaban J connectivity index is 2.33. The Labute approximate surface area is 127 Å². The standard InChI is InChI=1S/C18H22ClN/c1-12-5-6-13(2)15(9-12)10-18(20-4)17-11-16(19)8-7-14(17)3/h5-9,11,18,20H,10H2,1-4H3. The lowest BCUT2D eigenvalue weighted by Gasteiger charge is -2.20. The second-order valence-electron chi connectivity index (χ2n) is 5.48. The third-order valence-electron chi connectivity index (χ3n) is 3.89. The van der Waals surface area contributed by atoms with Crippen LogP contribution in [-0.4, -0.2) is 7.05 Å². The molecule has 0 aromatic heterocycles. The van der Waals surface area contributed by atoms with E-state index in [2.05, 4.69) is 56.4 Å². The maximum atomic E-state index is 6.15. The van der Waals surface area contributed by atoms with Gasteiger partial charge in [-0.25, -0.2) is 0 Å². The molecule has 2 aromatic rings. The summed E-state index contributed by atoms with van der Waals surface area (Å²) in [5.74, 6) is 0. The van der Waals surface area contributed by atoms with Crippen molar-refractivity contribution in [1.29, 1.82) is 0 Å². The van der Waals surface area contributed by atoms with E-state index in [9.17, 15) is 0 Å². The molecule has 2 aromatic carbocycles. The molecule has 1 N–H and O–H groups in total. The van der Waals surface area contributed by atoms with Gasteiger partial charge in [0, 0.05) is 11.1 Å². The molecule has 0 saturated heterocycles. The lowest BCUT2D eigenvalue weighted by Crippen LogP contribution is -2.20. The molecule has 0 aliphatic rings. The fraction of sp³-hybridized carbons (Fsp3) is 0.333. The van der Waals surface area contributed by atoms with Gasteiger partial charge < -0.3 is 5.32 Å². The van der Waals surface area contributed by atoms with Crippen LogP contribution in [0.4, 0.5) is 0 Å². The molecule has 2 heteroatoms. The molecule has 0 aliphatic heterocycles. The van der Waals surface area contributed by atoms with Gasteiger partial charge in [-0.05, 0) is 68.6 Å². The van der Waals surface area contributed by atoms with Gasteiger partial charge in [0.05, 0.1) is 0 Å². The number of benzene rings is 2. The van der Waals surface area contributed by atoms with Gasteiger partial charge in [-0.3, -0.25) is 0 Å². The summed E-state index contributed by atoms with van der Waals surface area (Å²) in [5.41, 5.74) is 6.60. The van der Waals surface area contributed by atoms with Crippen molar-refractivity contribution in [1.82, 2.24) is 5.32 Å². The normalized spacial score (nSPS) is 12.4. The summed E-state index contributed by atoms with van der Waals surface area (Å²) in [6, 6.07) is 13.0. The first-order valence-electron chi connectivity index (χ1n) is 7.00. The van der Waals surface area contributed by atoms with Crippen LogP contribution in [0.3, 0.4) is 0 Å². The average Bonchev–Trinajstić information content (AvgIpc) is 2.42. The number of rotatable bonds is 4. The zero-order chi connectivity index (χ0) is 14.7. The Morgan fingerprint density at radius 3 is 2.40 bits per heavy atom. The maximum absolute atomic E-state index is 6.15. The van der Waals surface area contributed by atoms with Gasteiger partial charge >= 0.3 is 0 Å². The highest BCUT2D eigenvalue weighted by Crippen LogP contribution is 2.26. The highest BCUT2D eigenvalue weighted by Gasteiger charge is 2.14. The molecule has 106 valence electrons. The van der Waals surface area contributed by atoms with E-state index in [0.29, 0.717) is 0 Å². The zero-order valence-corrected chi connectivity index (χ0v) is 13.4. The monoisotopic (exact) mass is 287 g/mol. The van der Waals surface area contributed by atoms with Crippen LogP contribution in [0.15, 0.2) is 36.4 Å². The molecule has 1 unspecified atom stereocenters. The zero-order valence-electron chi connectivity index (χ0n) is 12.6. The van der Waals surface area contributed by atoms with E-state index in [1.165, 1.54) is 27.8 Å². The van der Waals surface area contributed by atoms with Crippen molar-refractivity contribution in [2.24, 2.45) is 0 Å². The van der Waals surface area contributed by atoms with Gasteiger partial charge in [-0.15, -0.1) is 0 Å². The fourth-order valence-electron chi connectivity index (χ4n) is 2.59. The Morgan fingerprint density at radius 1 is 1.00 bits per heavy atom. The van der Waals surface area contributed by atoms with Crippen molar-refractivity contribution < 1.29 is 0 Å². The topological polar surface area (TPSA) is 12.0 Å². The maximum Gasteiger partial charge on any atom is 0.0409 e. The van der Waals surface area contributed by atoms with Crippen LogP contribution in [0.1, 0.15) is 33.9 Å². The molecule has 20 heavy (non-hydrogen) atoms. The Bertz CT molecular complexity index is 604. The third-order valence-corrected chi connectivity index (χ3v) is 4.13. The summed E-state index contributed by atoms with van der Waals surface area (Å²) in [5, 5.41) is 4.22. The van der Waals surface area contributed by atoms with Crippen LogP contribution in [0.25, 0.3) is 0 Å². The minimum absolute atomic E-state index is 0.286. The lowest BCUT2D eigenvalue weighted by atomic mass is 9.93. The Hall–Kier alpha value is -1.31. The van der Waals surface area contributed by atoms with E-state index in [1.807, 2.05) is 13.1 Å². The minimum Gasteiger partial charge on any atom is -0.313 e. The quantitative estimate of drug-likeness (QED) is 0.854. The molecular formula is C18H22ClN. The fourth-order valence-corrected chi connectivity index (χ4v) is 2.77. The molecule has 0 radical (unpaired) electrons. The van der Waals surface area contributed by atoms with Crippen LogP contribution >= 0.6 is 11.6 Å². The number of aryl methyl sites for hydroxylation is 3. The molecule has 1 atom stereocenters. The molecular weight excluding hydrogens is 266 g/mol. The smallest absolute Gasteiger partial charge is 0.0409 e. The summed E-state index contributed by atoms with van der Waals surface area (Å²) < 4.78 is 0. The Morgan fingerprint density at radius 2 is 1.70 bits per heavy atom. The molecule has 0 amide bonds. The van der Waals surface area contributed by atoms with Crippen molar-refractivity contribution >= 4 is 11.6 Å². The number of hydrogen-bond acceptors (Lipinski definition) is 1. The minimum atomic E-state index is 0.286. The SMILES string of the molecule is CNC(Cc1cc(C)ccc1C)c1cc(Cl)ccc1C. The van der Waals surface area contributed by atoms with Crippen molar-refractivity contribution in [2.45, 2.75) is 33.2 Å². The van der Waals surface area contributed by atoms with Crippen LogP contribution in [0.2, 0.25) is 5.02 Å². The van der Waals surface area contributed by atoms with Gasteiger partial charge in [0.25, 0.3) is 0 Å². The van der Waals surface area contributed by atoms with Gasteiger partial charge in [0.15, 0.2) is 0 Å². The number of hydrogen-bond donors (Lipinski definition) is 1. The number of halogens is 1. The lowest BCUT2D eigenvalue weighted by molar-refractivity contribution is 0.587. The predicted octanol–water partition coefficient (Wildman–Crippen LogP) is 4.77. The summed E-state index contributed by atoms with van der Waals surface area (Å²) in [6.07, 6.45) is 0.977. The van der Waals surface area contributed by atoms with Crippen molar-refractivity contribution in [3.05, 3.63) is 69.2 Å². The molecule has 0 aliphatic carbocycles. The summed E-state index contributed by atoms with van der Waals surface area (Å²) in [7, 11) is 2.01. The third kappa shape index (κ3) is 3.41. The summed E-state index contributed by atoms with van der Waals surface area (Å²) in [6.45, 7) is 6.45. The van der Waals surface area contributed by atoms with Gasteiger partial charge in [0.2, 0.25) is 0 Å². The summed E-state index contributed by atoms with van der Waals surface area (Å²) in [4.78, 5) is 0. The van der Waals surface area contributed by atoms with Gasteiger partial charge in [-0.2, -0.15) is 0 Å². The van der Waals surface area contributed by atoms with E-state index in [1.54, 1.807) is 0 Å². The molecule has 0 spiro atoms. The second kappa shape index (κ2) is 6.43. The van der Waals surface area contributed by atoms with Crippen molar-refractivity contribution in [3.63, 3.8) is 0 Å². The number of likely N-dealkylation sites (N-methyl/N-ethyl adjacent to an activating group) is 1. The largest absolute Gasteiger partial charge is 0.313 e. The van der Waals surface area contributed by atoms with Gasteiger partial charge in [-0.1, -0.05) is 41.4 Å². The highest BCUT2D eigenvalue weighted by atomic mass is 35.5. The Kier molecular flexibility index (Phi) is 4.85. The first kappa shape index (κ1) is 15.1. The van der Waals surface area contributed by atoms with Crippen molar-refractivity contribution in [3.8, 4) is 0 Å². The molecule has 1 nitrogen and oxygen atoms in total. The van der Waals surface area contributed by atoms with E-state index in [0.717, 1.165) is 11.4 Å². The first-order valence-corrected chi connectivity index (χ1v) is 7.38. The molecule has 0 fully saturated rings. The average molecular weight is 288 g/mol. The van der Waals surface area contributed by atoms with E-state index in [4.69, 9.17) is 11.6 Å².